The highest BCUT2D eigenvalue weighted by Crippen LogP contribution is 2.45. The van der Waals surface area contributed by atoms with E-state index in [2.05, 4.69) is 0 Å². The third-order valence-electron chi connectivity index (χ3n) is 8.75. The number of ketones is 1. The molecule has 4 aliphatic heterocycles. The molecule has 0 spiro atoms. The molecular weight excluding hydrogens is 512 g/mol. The lowest BCUT2D eigenvalue weighted by molar-refractivity contribution is -0.153. The minimum absolute atomic E-state index is 0.0877. The molecule has 2 bridgehead atoms. The third kappa shape index (κ3) is 4.26. The predicted octanol–water partition coefficient (Wildman–Crippen LogP) is 3.55. The van der Waals surface area contributed by atoms with Gasteiger partial charge in [-0.25, -0.2) is 0 Å². The normalized spacial score (nSPS) is 25.2. The Morgan fingerprint density at radius 2 is 1.12 bits per heavy atom. The largest absolute Gasteiger partial charge is 0.496 e. The first-order valence-corrected chi connectivity index (χ1v) is 14.0. The number of aryl methyl sites for hydroxylation is 2. The van der Waals surface area contributed by atoms with Gasteiger partial charge < -0.3 is 28.7 Å². The van der Waals surface area contributed by atoms with E-state index in [-0.39, 0.29) is 43.8 Å². The average Bonchev–Trinajstić information content (AvgIpc) is 2.96. The minimum atomic E-state index is -0.911. The number of Topliss-reactive ketones (excluding diaryl/α,β-unsaturated/α-hetero) is 1. The van der Waals surface area contributed by atoms with Crippen molar-refractivity contribution in [2.75, 3.05) is 53.6 Å². The van der Waals surface area contributed by atoms with Crippen LogP contribution in [0.3, 0.4) is 0 Å². The maximum absolute atomic E-state index is 13.9. The Bertz CT molecular complexity index is 1290. The second kappa shape index (κ2) is 9.71. The monoisotopic (exact) mass is 548 g/mol. The summed E-state index contributed by atoms with van der Waals surface area (Å²) in [5, 5.41) is 0. The predicted molar refractivity (Wildman–Crippen MR) is 147 cm³/mol. The van der Waals surface area contributed by atoms with Crippen molar-refractivity contribution in [3.63, 3.8) is 0 Å². The Labute approximate surface area is 234 Å². The van der Waals surface area contributed by atoms with E-state index >= 15 is 0 Å². The number of likely N-dealkylation sites (tertiary alicyclic amines) is 2. The van der Waals surface area contributed by atoms with Gasteiger partial charge >= 0.3 is 0 Å². The molecule has 6 rings (SSSR count). The van der Waals surface area contributed by atoms with E-state index in [0.717, 1.165) is 48.3 Å². The van der Waals surface area contributed by atoms with Crippen LogP contribution in [0.5, 0.6) is 23.0 Å². The van der Waals surface area contributed by atoms with Crippen molar-refractivity contribution in [2.24, 2.45) is 10.8 Å². The molecule has 0 aromatic heterocycles. The molecule has 0 N–H and O–H groups in total. The number of nitrogens with zero attached hydrogens (tertiary/aromatic N) is 2. The van der Waals surface area contributed by atoms with Crippen molar-refractivity contribution in [1.82, 2.24) is 9.80 Å². The summed E-state index contributed by atoms with van der Waals surface area (Å²) in [6.07, 6.45) is 3.46. The van der Waals surface area contributed by atoms with Gasteiger partial charge in [0.15, 0.2) is 5.78 Å². The zero-order valence-corrected chi connectivity index (χ0v) is 23.6. The smallest absolute Gasteiger partial charge is 0.257 e. The van der Waals surface area contributed by atoms with Crippen molar-refractivity contribution in [3.8, 4) is 23.0 Å². The first kappa shape index (κ1) is 26.5. The van der Waals surface area contributed by atoms with Gasteiger partial charge in [-0.15, -0.1) is 0 Å². The first-order valence-electron chi connectivity index (χ1n) is 14.0. The standard InChI is InChI=1S/C31H36N2O7/c1-30-15-32(27(34)21-11-19-7-5-9-39-23(19)13-25(21)37-3)17-31(2,29(30)36)18-33(16-30)28(35)22-12-20-8-6-10-40-24(20)14-26(22)38-4/h11-14H,5-10,15-18H2,1-4H3. The van der Waals surface area contributed by atoms with Crippen molar-refractivity contribution < 1.29 is 33.3 Å². The van der Waals surface area contributed by atoms with Crippen LogP contribution < -0.4 is 18.9 Å². The molecule has 4 heterocycles. The van der Waals surface area contributed by atoms with E-state index in [1.807, 2.05) is 26.0 Å². The van der Waals surface area contributed by atoms with Gasteiger partial charge in [-0.3, -0.25) is 14.4 Å². The summed E-state index contributed by atoms with van der Waals surface area (Å²) >= 11 is 0. The summed E-state index contributed by atoms with van der Waals surface area (Å²) < 4.78 is 22.7. The van der Waals surface area contributed by atoms with Crippen LogP contribution in [0.2, 0.25) is 0 Å². The molecule has 4 aliphatic rings. The molecular formula is C31H36N2O7. The molecule has 212 valence electrons. The summed E-state index contributed by atoms with van der Waals surface area (Å²) in [4.78, 5) is 45.1. The highest BCUT2D eigenvalue weighted by atomic mass is 16.5. The summed E-state index contributed by atoms with van der Waals surface area (Å²) in [6.45, 7) is 5.89. The zero-order valence-electron chi connectivity index (χ0n) is 23.6. The fourth-order valence-electron chi connectivity index (χ4n) is 6.97. The number of hydrogen-bond acceptors (Lipinski definition) is 7. The number of fused-ring (bicyclic) bond motifs is 4. The van der Waals surface area contributed by atoms with Crippen molar-refractivity contribution in [3.05, 3.63) is 46.5 Å². The molecule has 2 amide bonds. The number of carbonyl (C=O) groups is 3. The van der Waals surface area contributed by atoms with Gasteiger partial charge in [0.1, 0.15) is 23.0 Å². The topological polar surface area (TPSA) is 94.6 Å². The number of methoxy groups -OCH3 is 2. The second-order valence-corrected chi connectivity index (χ2v) is 12.0. The Kier molecular flexibility index (Phi) is 6.43. The number of rotatable bonds is 4. The van der Waals surface area contributed by atoms with Gasteiger partial charge in [-0.1, -0.05) is 0 Å². The molecule has 0 radical (unpaired) electrons. The van der Waals surface area contributed by atoms with E-state index in [9.17, 15) is 14.4 Å². The molecule has 0 aliphatic carbocycles. The van der Waals surface area contributed by atoms with Crippen LogP contribution in [0, 0.1) is 10.8 Å². The van der Waals surface area contributed by atoms with Gasteiger partial charge in [-0.2, -0.15) is 0 Å². The molecule has 0 saturated carbocycles. The van der Waals surface area contributed by atoms with Crippen molar-refractivity contribution in [1.29, 1.82) is 0 Å². The number of hydrogen-bond donors (Lipinski definition) is 0. The summed E-state index contributed by atoms with van der Waals surface area (Å²) in [7, 11) is 3.09. The SMILES string of the molecule is COc1cc2c(cc1C(=O)N1CC3(C)CN(C(=O)c4cc5c(cc4OC)OCCC5)CC(C)(C1)C3=O)CCCO2. The molecule has 9 nitrogen and oxygen atoms in total. The molecule has 9 heteroatoms. The first-order chi connectivity index (χ1) is 19.2. The maximum atomic E-state index is 13.9. The lowest BCUT2D eigenvalue weighted by Gasteiger charge is -2.55. The maximum Gasteiger partial charge on any atom is 0.257 e. The molecule has 0 atom stereocenters. The van der Waals surface area contributed by atoms with Gasteiger partial charge in [-0.05, 0) is 62.8 Å². The van der Waals surface area contributed by atoms with Crippen LogP contribution in [0.1, 0.15) is 58.5 Å². The van der Waals surface area contributed by atoms with Crippen LogP contribution >= 0.6 is 0 Å². The van der Waals surface area contributed by atoms with Crippen LogP contribution in [-0.4, -0.2) is 81.0 Å². The number of amides is 2. The fraction of sp³-hybridized carbons (Fsp3) is 0.516. The Hall–Kier alpha value is -3.75. The molecule has 2 aromatic carbocycles. The van der Waals surface area contributed by atoms with E-state index in [4.69, 9.17) is 18.9 Å². The lowest BCUT2D eigenvalue weighted by atomic mass is 9.64. The molecule has 2 aromatic rings. The van der Waals surface area contributed by atoms with E-state index < -0.39 is 10.8 Å². The molecule has 40 heavy (non-hydrogen) atoms. The summed E-state index contributed by atoms with van der Waals surface area (Å²) in [6, 6.07) is 7.32. The third-order valence-corrected chi connectivity index (χ3v) is 8.75. The van der Waals surface area contributed by atoms with Crippen LogP contribution in [0.15, 0.2) is 24.3 Å². The van der Waals surface area contributed by atoms with Gasteiger partial charge in [0.25, 0.3) is 11.8 Å². The van der Waals surface area contributed by atoms with Gasteiger partial charge in [0.2, 0.25) is 0 Å². The average molecular weight is 549 g/mol. The quantitative estimate of drug-likeness (QED) is 0.577. The number of ether oxygens (including phenoxy) is 4. The minimum Gasteiger partial charge on any atom is -0.496 e. The fourth-order valence-corrected chi connectivity index (χ4v) is 6.97. The Balaban J connectivity index is 1.29. The summed E-state index contributed by atoms with van der Waals surface area (Å²) in [5.41, 5.74) is 1.10. The van der Waals surface area contributed by atoms with Gasteiger partial charge in [0.05, 0.1) is 49.4 Å². The lowest BCUT2D eigenvalue weighted by Crippen LogP contribution is -2.69. The van der Waals surface area contributed by atoms with Crippen LogP contribution in [-0.2, 0) is 17.6 Å². The van der Waals surface area contributed by atoms with Crippen LogP contribution in [0.4, 0.5) is 0 Å². The number of piperidine rings is 2. The molecule has 2 saturated heterocycles. The van der Waals surface area contributed by atoms with Crippen molar-refractivity contribution in [2.45, 2.75) is 39.5 Å². The molecule has 0 unspecified atom stereocenters. The summed E-state index contributed by atoms with van der Waals surface area (Å²) in [5.74, 6) is 2.17. The Morgan fingerprint density at radius 3 is 1.50 bits per heavy atom. The zero-order chi connectivity index (χ0) is 28.2. The van der Waals surface area contributed by atoms with E-state index in [0.29, 0.717) is 35.8 Å². The van der Waals surface area contributed by atoms with Crippen molar-refractivity contribution >= 4 is 17.6 Å². The number of benzene rings is 2. The Morgan fingerprint density at radius 1 is 0.725 bits per heavy atom. The highest BCUT2D eigenvalue weighted by Gasteiger charge is 2.57. The van der Waals surface area contributed by atoms with E-state index in [1.54, 1.807) is 36.2 Å². The number of carbonyl (C=O) groups excluding carboxylic acids is 3. The van der Waals surface area contributed by atoms with E-state index in [1.165, 1.54) is 0 Å². The van der Waals surface area contributed by atoms with Crippen LogP contribution in [0.25, 0.3) is 0 Å². The second-order valence-electron chi connectivity index (χ2n) is 12.0. The van der Waals surface area contributed by atoms with Gasteiger partial charge in [0, 0.05) is 38.3 Å². The highest BCUT2D eigenvalue weighted by molar-refractivity contribution is 6.03. The molecule has 2 fully saturated rings.